The highest BCUT2D eigenvalue weighted by Crippen LogP contribution is 2.07. The molecule has 0 spiro atoms. The lowest BCUT2D eigenvalue weighted by Crippen LogP contribution is -2.11. The Balaban J connectivity index is 1.77. The molecule has 0 saturated carbocycles. The summed E-state index contributed by atoms with van der Waals surface area (Å²) in [6, 6.07) is 11.7. The van der Waals surface area contributed by atoms with Gasteiger partial charge in [-0.1, -0.05) is 43.3 Å². The number of nitrogens with one attached hydrogen (secondary N) is 1. The first-order valence-electron chi connectivity index (χ1n) is 7.61. The summed E-state index contributed by atoms with van der Waals surface area (Å²) < 4.78 is 5.48. The average molecular weight is 311 g/mol. The van der Waals surface area contributed by atoms with E-state index < -0.39 is 0 Å². The summed E-state index contributed by atoms with van der Waals surface area (Å²) in [7, 11) is 0. The number of carbonyl (C=O) groups is 1. The van der Waals surface area contributed by atoms with E-state index in [9.17, 15) is 4.79 Å². The number of rotatable bonds is 7. The number of aromatic nitrogens is 2. The number of carbonyl (C=O) groups excluding carboxylic acids is 1. The third kappa shape index (κ3) is 6.00. The van der Waals surface area contributed by atoms with Crippen molar-refractivity contribution in [2.45, 2.75) is 26.9 Å². The Morgan fingerprint density at radius 1 is 1.26 bits per heavy atom. The van der Waals surface area contributed by atoms with E-state index in [0.717, 1.165) is 17.7 Å². The lowest BCUT2D eigenvalue weighted by atomic mass is 10.2. The monoisotopic (exact) mass is 311 g/mol. The summed E-state index contributed by atoms with van der Waals surface area (Å²) in [5, 5.41) is 2.73. The van der Waals surface area contributed by atoms with Crippen LogP contribution in [-0.2, 0) is 22.6 Å². The maximum atomic E-state index is 11.8. The predicted octanol–water partition coefficient (Wildman–Crippen LogP) is 3.06. The summed E-state index contributed by atoms with van der Waals surface area (Å²) in [4.78, 5) is 20.3. The lowest BCUT2D eigenvalue weighted by Gasteiger charge is -2.05. The number of benzene rings is 1. The second-order valence-corrected chi connectivity index (χ2v) is 5.04. The van der Waals surface area contributed by atoms with Gasteiger partial charge in [0.2, 0.25) is 5.91 Å². The molecule has 0 unspecified atom stereocenters. The van der Waals surface area contributed by atoms with Crippen LogP contribution in [0.5, 0.6) is 0 Å². The van der Waals surface area contributed by atoms with E-state index >= 15 is 0 Å². The third-order valence-corrected chi connectivity index (χ3v) is 3.10. The quantitative estimate of drug-likeness (QED) is 0.630. The van der Waals surface area contributed by atoms with Crippen molar-refractivity contribution in [1.29, 1.82) is 0 Å². The summed E-state index contributed by atoms with van der Waals surface area (Å²) in [6.07, 6.45) is 3.94. The van der Waals surface area contributed by atoms with Crippen LogP contribution in [0.25, 0.3) is 0 Å². The van der Waals surface area contributed by atoms with Crippen molar-refractivity contribution in [3.63, 3.8) is 0 Å². The molecular weight excluding hydrogens is 290 g/mol. The van der Waals surface area contributed by atoms with Gasteiger partial charge in [0.1, 0.15) is 11.6 Å². The summed E-state index contributed by atoms with van der Waals surface area (Å²) in [6.45, 7) is 4.72. The first-order valence-corrected chi connectivity index (χ1v) is 7.61. The van der Waals surface area contributed by atoms with Crippen molar-refractivity contribution < 1.29 is 9.53 Å². The van der Waals surface area contributed by atoms with Crippen molar-refractivity contribution in [3.05, 3.63) is 65.6 Å². The molecule has 1 heterocycles. The Morgan fingerprint density at radius 2 is 2.04 bits per heavy atom. The molecule has 5 nitrogen and oxygen atoms in total. The molecule has 1 aromatic carbocycles. The van der Waals surface area contributed by atoms with Crippen LogP contribution in [0.15, 0.2) is 48.6 Å². The molecule has 1 aromatic heterocycles. The van der Waals surface area contributed by atoms with Crippen molar-refractivity contribution in [2.75, 3.05) is 11.9 Å². The molecule has 120 valence electrons. The van der Waals surface area contributed by atoms with Crippen LogP contribution < -0.4 is 5.32 Å². The minimum Gasteiger partial charge on any atom is -0.373 e. The minimum atomic E-state index is -0.228. The third-order valence-electron chi connectivity index (χ3n) is 3.10. The standard InChI is InChI=1S/C18H21N3O2/c1-3-16-12-17(20-14(2)19-16)21-18(22)10-7-11-23-13-15-8-5-4-6-9-15/h4-10,12H,3,11,13H2,1-2H3,(H,19,20,21,22)/b10-7+. The number of hydrogen-bond acceptors (Lipinski definition) is 4. The summed E-state index contributed by atoms with van der Waals surface area (Å²) >= 11 is 0. The predicted molar refractivity (Wildman–Crippen MR) is 90.0 cm³/mol. The number of amides is 1. The smallest absolute Gasteiger partial charge is 0.249 e. The number of hydrogen-bond donors (Lipinski definition) is 1. The van der Waals surface area contributed by atoms with Gasteiger partial charge >= 0.3 is 0 Å². The maximum Gasteiger partial charge on any atom is 0.249 e. The van der Waals surface area contributed by atoms with Gasteiger partial charge in [-0.05, 0) is 18.9 Å². The second-order valence-electron chi connectivity index (χ2n) is 5.04. The Morgan fingerprint density at radius 3 is 2.78 bits per heavy atom. The zero-order valence-corrected chi connectivity index (χ0v) is 13.5. The topological polar surface area (TPSA) is 64.1 Å². The van der Waals surface area contributed by atoms with E-state index in [1.54, 1.807) is 12.1 Å². The highest BCUT2D eigenvalue weighted by atomic mass is 16.5. The summed E-state index contributed by atoms with van der Waals surface area (Å²) in [5.41, 5.74) is 2.01. The Labute approximate surface area is 136 Å². The van der Waals surface area contributed by atoms with Crippen LogP contribution in [0.4, 0.5) is 5.82 Å². The van der Waals surface area contributed by atoms with Crippen LogP contribution >= 0.6 is 0 Å². The van der Waals surface area contributed by atoms with Gasteiger partial charge in [-0.3, -0.25) is 4.79 Å². The fourth-order valence-corrected chi connectivity index (χ4v) is 2.02. The van der Waals surface area contributed by atoms with Crippen molar-refractivity contribution >= 4 is 11.7 Å². The molecule has 23 heavy (non-hydrogen) atoms. The van der Waals surface area contributed by atoms with Crippen LogP contribution in [0.1, 0.15) is 24.0 Å². The zero-order chi connectivity index (χ0) is 16.5. The van der Waals surface area contributed by atoms with Crippen LogP contribution in [0, 0.1) is 6.92 Å². The molecule has 0 aliphatic carbocycles. The Bertz CT molecular complexity index is 669. The highest BCUT2D eigenvalue weighted by molar-refractivity contribution is 5.98. The van der Waals surface area contributed by atoms with Gasteiger partial charge in [-0.2, -0.15) is 0 Å². The minimum absolute atomic E-state index is 0.228. The van der Waals surface area contributed by atoms with Crippen LogP contribution in [-0.4, -0.2) is 22.5 Å². The molecule has 0 fully saturated rings. The Kier molecular flexibility index (Phi) is 6.44. The van der Waals surface area contributed by atoms with E-state index in [1.807, 2.05) is 44.2 Å². The van der Waals surface area contributed by atoms with E-state index in [-0.39, 0.29) is 5.91 Å². The number of ether oxygens (including phenoxy) is 1. The molecule has 0 radical (unpaired) electrons. The first-order chi connectivity index (χ1) is 11.2. The molecule has 1 N–H and O–H groups in total. The number of anilines is 1. The largest absolute Gasteiger partial charge is 0.373 e. The summed E-state index contributed by atoms with van der Waals surface area (Å²) in [5.74, 6) is 0.942. The zero-order valence-electron chi connectivity index (χ0n) is 13.5. The van der Waals surface area contributed by atoms with Crippen molar-refractivity contribution in [1.82, 2.24) is 9.97 Å². The highest BCUT2D eigenvalue weighted by Gasteiger charge is 2.03. The molecule has 2 rings (SSSR count). The van der Waals surface area contributed by atoms with Gasteiger partial charge in [0, 0.05) is 17.8 Å². The van der Waals surface area contributed by atoms with Crippen LogP contribution in [0.2, 0.25) is 0 Å². The van der Waals surface area contributed by atoms with E-state index in [2.05, 4.69) is 15.3 Å². The van der Waals surface area contributed by atoms with Crippen molar-refractivity contribution in [2.24, 2.45) is 0 Å². The molecular formula is C18H21N3O2. The fourth-order valence-electron chi connectivity index (χ4n) is 2.02. The molecule has 0 atom stereocenters. The van der Waals surface area contributed by atoms with E-state index in [4.69, 9.17) is 4.74 Å². The van der Waals surface area contributed by atoms with Crippen LogP contribution in [0.3, 0.4) is 0 Å². The fraction of sp³-hybridized carbons (Fsp3) is 0.278. The number of nitrogens with zero attached hydrogens (tertiary/aromatic N) is 2. The van der Waals surface area contributed by atoms with E-state index in [1.165, 1.54) is 6.08 Å². The van der Waals surface area contributed by atoms with Gasteiger partial charge < -0.3 is 10.1 Å². The van der Waals surface area contributed by atoms with Gasteiger partial charge in [0.05, 0.1) is 13.2 Å². The van der Waals surface area contributed by atoms with Gasteiger partial charge in [-0.25, -0.2) is 9.97 Å². The van der Waals surface area contributed by atoms with Gasteiger partial charge in [0.15, 0.2) is 0 Å². The maximum absolute atomic E-state index is 11.8. The van der Waals surface area contributed by atoms with E-state index in [0.29, 0.717) is 24.9 Å². The molecule has 0 aliphatic heterocycles. The molecule has 5 heteroatoms. The molecule has 2 aromatic rings. The average Bonchev–Trinajstić information content (AvgIpc) is 2.55. The Hall–Kier alpha value is -2.53. The normalized spacial score (nSPS) is 10.9. The lowest BCUT2D eigenvalue weighted by molar-refractivity contribution is -0.112. The van der Waals surface area contributed by atoms with Crippen molar-refractivity contribution in [3.8, 4) is 0 Å². The second kappa shape index (κ2) is 8.80. The molecule has 0 bridgehead atoms. The van der Waals surface area contributed by atoms with Gasteiger partial charge in [-0.15, -0.1) is 0 Å². The first kappa shape index (κ1) is 16.8. The van der Waals surface area contributed by atoms with Gasteiger partial charge in [0.25, 0.3) is 0 Å². The SMILES string of the molecule is CCc1cc(NC(=O)/C=C/COCc2ccccc2)nc(C)n1. The number of aryl methyl sites for hydroxylation is 2. The molecule has 1 amide bonds. The molecule has 0 aliphatic rings. The molecule has 0 saturated heterocycles.